The SMILES string of the molecule is C=C(C)C(=O)OCC(COC(=O)CCC(=O)OCCI)(COC(=O)C(=C)C)COC(=O)C(=C)C. The first-order valence-corrected chi connectivity index (χ1v) is 11.7. The summed E-state index contributed by atoms with van der Waals surface area (Å²) in [4.78, 5) is 59.7. The van der Waals surface area contributed by atoms with E-state index in [1.807, 2.05) is 22.6 Å². The van der Waals surface area contributed by atoms with E-state index in [4.69, 9.17) is 23.7 Å². The Morgan fingerprint density at radius 2 is 0.941 bits per heavy atom. The van der Waals surface area contributed by atoms with Crippen molar-refractivity contribution in [1.29, 1.82) is 0 Å². The third kappa shape index (κ3) is 13.1. The molecule has 0 spiro atoms. The van der Waals surface area contributed by atoms with Gasteiger partial charge in [0.1, 0.15) is 38.4 Å². The fourth-order valence-corrected chi connectivity index (χ4v) is 2.23. The Kier molecular flexibility index (Phi) is 14.7. The number of halogens is 1. The topological polar surface area (TPSA) is 132 Å². The number of ether oxygens (including phenoxy) is 5. The number of carbonyl (C=O) groups excluding carboxylic acids is 5. The molecular formula is C23H31IO10. The molecule has 0 fully saturated rings. The van der Waals surface area contributed by atoms with E-state index in [9.17, 15) is 24.0 Å². The Balaban J connectivity index is 5.54. The van der Waals surface area contributed by atoms with Crippen molar-refractivity contribution in [2.45, 2.75) is 33.6 Å². The molecule has 0 aromatic heterocycles. The lowest BCUT2D eigenvalue weighted by atomic mass is 9.92. The van der Waals surface area contributed by atoms with Crippen LogP contribution in [-0.2, 0) is 47.7 Å². The van der Waals surface area contributed by atoms with Gasteiger partial charge in [-0.25, -0.2) is 14.4 Å². The first-order valence-electron chi connectivity index (χ1n) is 10.2. The first kappa shape index (κ1) is 31.3. The van der Waals surface area contributed by atoms with Crippen LogP contribution in [0.4, 0.5) is 0 Å². The molecule has 0 atom stereocenters. The quantitative estimate of drug-likeness (QED) is 0.0864. The predicted octanol–water partition coefficient (Wildman–Crippen LogP) is 2.63. The van der Waals surface area contributed by atoms with Crippen molar-refractivity contribution >= 4 is 52.4 Å². The van der Waals surface area contributed by atoms with Crippen molar-refractivity contribution in [1.82, 2.24) is 0 Å². The Morgan fingerprint density at radius 1 is 0.618 bits per heavy atom. The summed E-state index contributed by atoms with van der Waals surface area (Å²) in [6.07, 6.45) is -0.457. The molecule has 0 N–H and O–H groups in total. The first-order chi connectivity index (χ1) is 15.8. The highest BCUT2D eigenvalue weighted by Crippen LogP contribution is 2.23. The molecule has 0 radical (unpaired) electrons. The van der Waals surface area contributed by atoms with Gasteiger partial charge in [-0.3, -0.25) is 9.59 Å². The van der Waals surface area contributed by atoms with E-state index in [2.05, 4.69) is 19.7 Å². The van der Waals surface area contributed by atoms with Gasteiger partial charge >= 0.3 is 29.8 Å². The maximum Gasteiger partial charge on any atom is 0.333 e. The van der Waals surface area contributed by atoms with E-state index in [-0.39, 0.29) is 36.2 Å². The molecule has 0 amide bonds. The highest BCUT2D eigenvalue weighted by Gasteiger charge is 2.38. The molecule has 0 saturated carbocycles. The molecule has 0 aliphatic heterocycles. The van der Waals surface area contributed by atoms with Gasteiger partial charge < -0.3 is 23.7 Å². The lowest BCUT2D eigenvalue weighted by molar-refractivity contribution is -0.168. The van der Waals surface area contributed by atoms with E-state index >= 15 is 0 Å². The van der Waals surface area contributed by atoms with Crippen LogP contribution in [0.2, 0.25) is 0 Å². The molecular weight excluding hydrogens is 563 g/mol. The summed E-state index contributed by atoms with van der Waals surface area (Å²) in [5.74, 6) is -3.54. The van der Waals surface area contributed by atoms with Crippen molar-refractivity contribution in [3.63, 3.8) is 0 Å². The van der Waals surface area contributed by atoms with Gasteiger partial charge in [-0.2, -0.15) is 0 Å². The van der Waals surface area contributed by atoms with Crippen LogP contribution in [0.15, 0.2) is 36.5 Å². The normalized spacial score (nSPS) is 10.5. The number of alkyl halides is 1. The molecule has 0 aromatic rings. The van der Waals surface area contributed by atoms with Gasteiger partial charge in [-0.1, -0.05) is 42.3 Å². The van der Waals surface area contributed by atoms with Gasteiger partial charge in [-0.05, 0) is 20.8 Å². The minimum absolute atomic E-state index is 0.105. The summed E-state index contributed by atoms with van der Waals surface area (Å²) >= 11 is 2.04. The molecule has 0 bridgehead atoms. The molecule has 0 aromatic carbocycles. The lowest BCUT2D eigenvalue weighted by Gasteiger charge is -2.31. The van der Waals surface area contributed by atoms with E-state index in [1.54, 1.807) is 0 Å². The fourth-order valence-electron chi connectivity index (χ4n) is 2.01. The maximum atomic E-state index is 12.2. The van der Waals surface area contributed by atoms with Crippen LogP contribution in [-0.4, -0.2) is 67.3 Å². The molecule has 0 aliphatic carbocycles. The van der Waals surface area contributed by atoms with Crippen LogP contribution < -0.4 is 0 Å². The Hall–Kier alpha value is -2.70. The van der Waals surface area contributed by atoms with E-state index in [0.29, 0.717) is 4.43 Å². The second-order valence-electron chi connectivity index (χ2n) is 7.64. The van der Waals surface area contributed by atoms with Gasteiger partial charge in [0.2, 0.25) is 0 Å². The van der Waals surface area contributed by atoms with Crippen molar-refractivity contribution in [2.75, 3.05) is 37.5 Å². The Labute approximate surface area is 212 Å². The zero-order valence-electron chi connectivity index (χ0n) is 19.7. The third-order valence-electron chi connectivity index (χ3n) is 3.99. The summed E-state index contributed by atoms with van der Waals surface area (Å²) in [7, 11) is 0. The van der Waals surface area contributed by atoms with E-state index < -0.39 is 61.7 Å². The Bertz CT molecular complexity index is 740. The lowest BCUT2D eigenvalue weighted by Crippen LogP contribution is -2.44. The zero-order chi connectivity index (χ0) is 26.3. The summed E-state index contributed by atoms with van der Waals surface area (Å²) < 4.78 is 26.4. The molecule has 0 unspecified atom stereocenters. The molecule has 34 heavy (non-hydrogen) atoms. The maximum absolute atomic E-state index is 12.2. The van der Waals surface area contributed by atoms with Gasteiger partial charge in [0.05, 0.1) is 12.8 Å². The number of esters is 5. The number of carbonyl (C=O) groups is 5. The summed E-state index contributed by atoms with van der Waals surface area (Å²) in [6, 6.07) is 0. The largest absolute Gasteiger partial charge is 0.465 e. The predicted molar refractivity (Wildman–Crippen MR) is 130 cm³/mol. The molecule has 0 heterocycles. The smallest absolute Gasteiger partial charge is 0.333 e. The van der Waals surface area contributed by atoms with Crippen molar-refractivity contribution in [3.8, 4) is 0 Å². The monoisotopic (exact) mass is 594 g/mol. The second kappa shape index (κ2) is 16.0. The van der Waals surface area contributed by atoms with Gasteiger partial charge in [0.25, 0.3) is 0 Å². The molecule has 11 heteroatoms. The zero-order valence-corrected chi connectivity index (χ0v) is 21.9. The van der Waals surface area contributed by atoms with Gasteiger partial charge in [-0.15, -0.1) is 0 Å². The van der Waals surface area contributed by atoms with Gasteiger partial charge in [0.15, 0.2) is 0 Å². The van der Waals surface area contributed by atoms with Crippen molar-refractivity contribution < 1.29 is 47.7 Å². The highest BCUT2D eigenvalue weighted by molar-refractivity contribution is 14.1. The van der Waals surface area contributed by atoms with Crippen LogP contribution in [0.1, 0.15) is 33.6 Å². The van der Waals surface area contributed by atoms with E-state index in [1.165, 1.54) is 20.8 Å². The highest BCUT2D eigenvalue weighted by atomic mass is 127. The average Bonchev–Trinajstić information content (AvgIpc) is 2.79. The third-order valence-corrected chi connectivity index (χ3v) is 4.43. The van der Waals surface area contributed by atoms with E-state index in [0.717, 1.165) is 0 Å². The molecule has 0 aliphatic rings. The van der Waals surface area contributed by atoms with Crippen LogP contribution in [0.25, 0.3) is 0 Å². The molecule has 0 saturated heterocycles. The van der Waals surface area contributed by atoms with Crippen LogP contribution in [0, 0.1) is 5.41 Å². The fraction of sp³-hybridized carbons (Fsp3) is 0.522. The average molecular weight is 594 g/mol. The summed E-state index contributed by atoms with van der Waals surface area (Å²) in [5.41, 5.74) is -1.13. The second-order valence-corrected chi connectivity index (χ2v) is 8.72. The Morgan fingerprint density at radius 3 is 1.26 bits per heavy atom. The van der Waals surface area contributed by atoms with Crippen LogP contribution in [0.5, 0.6) is 0 Å². The van der Waals surface area contributed by atoms with Crippen molar-refractivity contribution in [2.24, 2.45) is 5.41 Å². The summed E-state index contributed by atoms with van der Waals surface area (Å²) in [6.45, 7) is 13.2. The van der Waals surface area contributed by atoms with Gasteiger partial charge in [0, 0.05) is 21.1 Å². The summed E-state index contributed by atoms with van der Waals surface area (Å²) in [5, 5.41) is 0. The number of hydrogen-bond acceptors (Lipinski definition) is 10. The minimum Gasteiger partial charge on any atom is -0.465 e. The number of rotatable bonds is 16. The molecule has 190 valence electrons. The van der Waals surface area contributed by atoms with Crippen LogP contribution >= 0.6 is 22.6 Å². The number of hydrogen-bond donors (Lipinski definition) is 0. The van der Waals surface area contributed by atoms with Crippen molar-refractivity contribution in [3.05, 3.63) is 36.5 Å². The molecule has 0 rings (SSSR count). The standard InChI is InChI=1S/C23H31IO10/c1-15(2)20(27)32-12-23(13-33-21(28)16(3)4,14-34-22(29)17(5)6)11-31-19(26)8-7-18(25)30-10-9-24/h1,3,5,7-14H2,2,4,6H3. The van der Waals surface area contributed by atoms with Crippen LogP contribution in [0.3, 0.4) is 0 Å². The molecule has 10 nitrogen and oxygen atoms in total. The minimum atomic E-state index is -1.45.